The van der Waals surface area contributed by atoms with E-state index >= 15 is 0 Å². The van der Waals surface area contributed by atoms with Gasteiger partial charge in [0.25, 0.3) is 5.69 Å². The lowest BCUT2D eigenvalue weighted by molar-refractivity contribution is -0.384. The van der Waals surface area contributed by atoms with Crippen molar-refractivity contribution < 1.29 is 4.92 Å². The highest BCUT2D eigenvalue weighted by Gasteiger charge is 2.15. The molecule has 19 heavy (non-hydrogen) atoms. The topological polar surface area (TPSA) is 69.2 Å². The van der Waals surface area contributed by atoms with E-state index in [0.29, 0.717) is 0 Å². The van der Waals surface area contributed by atoms with Gasteiger partial charge in [0.05, 0.1) is 11.0 Å². The molecule has 2 aromatic rings. The summed E-state index contributed by atoms with van der Waals surface area (Å²) in [4.78, 5) is 10.4. The predicted molar refractivity (Wildman–Crippen MR) is 75.0 cm³/mol. The van der Waals surface area contributed by atoms with Crippen LogP contribution in [0.1, 0.15) is 28.3 Å². The van der Waals surface area contributed by atoms with Gasteiger partial charge in [-0.15, -0.1) is 0 Å². The molecule has 0 aromatic heterocycles. The van der Waals surface area contributed by atoms with Crippen LogP contribution in [0.25, 0.3) is 0 Å². The number of nitro groups is 1. The number of nitrogens with zero attached hydrogens (tertiary/aromatic N) is 1. The number of rotatable bonds is 3. The van der Waals surface area contributed by atoms with Gasteiger partial charge in [0.1, 0.15) is 0 Å². The molecule has 0 aliphatic heterocycles. The number of benzene rings is 2. The standard InChI is InChI=1S/C15H16N2O2/c1-10-4-3-5-12(8-10)15(16)14-9-13(17(18)19)7-6-11(14)2/h3-9,15H,16H2,1-2H3. The molecule has 98 valence electrons. The first kappa shape index (κ1) is 13.2. The van der Waals surface area contributed by atoms with Crippen LogP contribution in [0.2, 0.25) is 0 Å². The van der Waals surface area contributed by atoms with E-state index in [4.69, 9.17) is 5.73 Å². The highest BCUT2D eigenvalue weighted by atomic mass is 16.6. The maximum atomic E-state index is 10.8. The smallest absolute Gasteiger partial charge is 0.269 e. The van der Waals surface area contributed by atoms with Gasteiger partial charge in [0, 0.05) is 12.1 Å². The molecule has 1 unspecified atom stereocenters. The minimum absolute atomic E-state index is 0.0729. The molecule has 0 radical (unpaired) electrons. The number of nitro benzene ring substituents is 1. The maximum absolute atomic E-state index is 10.8. The van der Waals surface area contributed by atoms with E-state index in [1.807, 2.05) is 38.1 Å². The average molecular weight is 256 g/mol. The Morgan fingerprint density at radius 1 is 1.16 bits per heavy atom. The first-order valence-corrected chi connectivity index (χ1v) is 6.06. The van der Waals surface area contributed by atoms with Crippen molar-refractivity contribution in [2.75, 3.05) is 0 Å². The van der Waals surface area contributed by atoms with Crippen molar-refractivity contribution in [2.24, 2.45) is 5.73 Å². The van der Waals surface area contributed by atoms with E-state index < -0.39 is 4.92 Å². The second kappa shape index (κ2) is 5.20. The SMILES string of the molecule is Cc1cccc(C(N)c2cc([N+](=O)[O-])ccc2C)c1. The molecule has 2 aromatic carbocycles. The Balaban J connectivity index is 2.46. The fourth-order valence-electron chi connectivity index (χ4n) is 2.12. The van der Waals surface area contributed by atoms with E-state index in [1.165, 1.54) is 6.07 Å². The van der Waals surface area contributed by atoms with Crippen LogP contribution in [0.4, 0.5) is 5.69 Å². The Morgan fingerprint density at radius 2 is 1.89 bits per heavy atom. The molecule has 4 nitrogen and oxygen atoms in total. The van der Waals surface area contributed by atoms with Crippen molar-refractivity contribution in [3.63, 3.8) is 0 Å². The molecule has 0 amide bonds. The van der Waals surface area contributed by atoms with Gasteiger partial charge in [-0.2, -0.15) is 0 Å². The van der Waals surface area contributed by atoms with Crippen LogP contribution >= 0.6 is 0 Å². The van der Waals surface area contributed by atoms with Crippen molar-refractivity contribution in [3.8, 4) is 0 Å². The Hall–Kier alpha value is -2.20. The van der Waals surface area contributed by atoms with Crippen molar-refractivity contribution in [1.82, 2.24) is 0 Å². The van der Waals surface area contributed by atoms with E-state index in [0.717, 1.165) is 22.3 Å². The molecule has 0 aliphatic rings. The Bertz CT molecular complexity index is 623. The zero-order valence-electron chi connectivity index (χ0n) is 11.0. The number of nitrogens with two attached hydrogens (primary N) is 1. The Labute approximate surface area is 112 Å². The third-order valence-electron chi connectivity index (χ3n) is 3.21. The predicted octanol–water partition coefficient (Wildman–Crippen LogP) is 3.26. The summed E-state index contributed by atoms with van der Waals surface area (Å²) in [6.07, 6.45) is 0. The van der Waals surface area contributed by atoms with Crippen molar-refractivity contribution in [3.05, 3.63) is 74.8 Å². The summed E-state index contributed by atoms with van der Waals surface area (Å²) in [6, 6.07) is 12.3. The zero-order valence-corrected chi connectivity index (χ0v) is 11.0. The largest absolute Gasteiger partial charge is 0.320 e. The van der Waals surface area contributed by atoms with Crippen molar-refractivity contribution in [1.29, 1.82) is 0 Å². The molecule has 0 saturated carbocycles. The summed E-state index contributed by atoms with van der Waals surface area (Å²) in [5.74, 6) is 0. The van der Waals surface area contributed by atoms with Crippen LogP contribution in [-0.2, 0) is 0 Å². The minimum atomic E-state index is -0.397. The molecule has 4 heteroatoms. The van der Waals surface area contributed by atoms with Gasteiger partial charge < -0.3 is 5.73 Å². The molecule has 0 aliphatic carbocycles. The number of hydrogen-bond acceptors (Lipinski definition) is 3. The van der Waals surface area contributed by atoms with Crippen LogP contribution in [0, 0.1) is 24.0 Å². The normalized spacial score (nSPS) is 12.2. The fourth-order valence-corrected chi connectivity index (χ4v) is 2.12. The Kier molecular flexibility index (Phi) is 3.62. The molecule has 2 rings (SSSR count). The van der Waals surface area contributed by atoms with Gasteiger partial charge >= 0.3 is 0 Å². The Morgan fingerprint density at radius 3 is 2.53 bits per heavy atom. The van der Waals surface area contributed by atoms with Gasteiger partial charge in [0.2, 0.25) is 0 Å². The first-order valence-electron chi connectivity index (χ1n) is 6.06. The average Bonchev–Trinajstić information content (AvgIpc) is 2.38. The van der Waals surface area contributed by atoms with Gasteiger partial charge in [-0.3, -0.25) is 10.1 Å². The van der Waals surface area contributed by atoms with Crippen LogP contribution in [0.3, 0.4) is 0 Å². The molecule has 0 fully saturated rings. The highest BCUT2D eigenvalue weighted by molar-refractivity contribution is 5.44. The maximum Gasteiger partial charge on any atom is 0.269 e. The number of hydrogen-bond donors (Lipinski definition) is 1. The lowest BCUT2D eigenvalue weighted by Gasteiger charge is -2.15. The minimum Gasteiger partial charge on any atom is -0.320 e. The first-order chi connectivity index (χ1) is 8.99. The van der Waals surface area contributed by atoms with Crippen molar-refractivity contribution in [2.45, 2.75) is 19.9 Å². The lowest BCUT2D eigenvalue weighted by atomic mass is 9.94. The van der Waals surface area contributed by atoms with Crippen LogP contribution in [-0.4, -0.2) is 4.92 Å². The summed E-state index contributed by atoms with van der Waals surface area (Å²) < 4.78 is 0. The summed E-state index contributed by atoms with van der Waals surface area (Å²) in [5, 5.41) is 10.8. The van der Waals surface area contributed by atoms with E-state index in [-0.39, 0.29) is 11.7 Å². The highest BCUT2D eigenvalue weighted by Crippen LogP contribution is 2.26. The van der Waals surface area contributed by atoms with Crippen molar-refractivity contribution >= 4 is 5.69 Å². The van der Waals surface area contributed by atoms with Gasteiger partial charge in [-0.05, 0) is 30.5 Å². The lowest BCUT2D eigenvalue weighted by Crippen LogP contribution is -2.13. The molecular formula is C15H16N2O2. The van der Waals surface area contributed by atoms with Gasteiger partial charge in [-0.25, -0.2) is 0 Å². The third-order valence-corrected chi connectivity index (χ3v) is 3.21. The van der Waals surface area contributed by atoms with Gasteiger partial charge in [-0.1, -0.05) is 35.9 Å². The summed E-state index contributed by atoms with van der Waals surface area (Å²) in [6.45, 7) is 3.91. The molecule has 0 bridgehead atoms. The van der Waals surface area contributed by atoms with E-state index in [1.54, 1.807) is 12.1 Å². The van der Waals surface area contributed by atoms with E-state index in [9.17, 15) is 10.1 Å². The number of non-ortho nitro benzene ring substituents is 1. The van der Waals surface area contributed by atoms with Crippen LogP contribution < -0.4 is 5.73 Å². The number of aryl methyl sites for hydroxylation is 2. The van der Waals surface area contributed by atoms with Crippen LogP contribution in [0.5, 0.6) is 0 Å². The van der Waals surface area contributed by atoms with Crippen LogP contribution in [0.15, 0.2) is 42.5 Å². The molecule has 0 spiro atoms. The van der Waals surface area contributed by atoms with Gasteiger partial charge in [0.15, 0.2) is 0 Å². The molecular weight excluding hydrogens is 240 g/mol. The summed E-state index contributed by atoms with van der Waals surface area (Å²) in [5.41, 5.74) is 10.1. The molecule has 0 saturated heterocycles. The third kappa shape index (κ3) is 2.80. The zero-order chi connectivity index (χ0) is 14.0. The second-order valence-corrected chi connectivity index (χ2v) is 4.69. The monoisotopic (exact) mass is 256 g/mol. The molecule has 2 N–H and O–H groups in total. The second-order valence-electron chi connectivity index (χ2n) is 4.69. The molecule has 1 atom stereocenters. The fraction of sp³-hybridized carbons (Fsp3) is 0.200. The summed E-state index contributed by atoms with van der Waals surface area (Å²) in [7, 11) is 0. The summed E-state index contributed by atoms with van der Waals surface area (Å²) >= 11 is 0. The quantitative estimate of drug-likeness (QED) is 0.677. The van der Waals surface area contributed by atoms with E-state index in [2.05, 4.69) is 0 Å². The molecule has 0 heterocycles.